The fraction of sp³-hybridized carbons (Fsp3) is 0.0667. The topological polar surface area (TPSA) is 25.8 Å². The Morgan fingerprint density at radius 1 is 0.564 bits per heavy atom. The summed E-state index contributed by atoms with van der Waals surface area (Å²) >= 11 is 0. The average Bonchev–Trinajstić information content (AvgIpc) is 2.94. The molecule has 0 saturated heterocycles. The molecule has 5 aromatic rings. The molecule has 0 amide bonds. The minimum absolute atomic E-state index is 0. The van der Waals surface area contributed by atoms with Gasteiger partial charge in [-0.15, -0.1) is 59.7 Å². The summed E-state index contributed by atoms with van der Waals surface area (Å²) in [5.74, 6) is 0. The van der Waals surface area contributed by atoms with E-state index >= 15 is 0 Å². The Balaban J connectivity index is 0.000000211. The number of hydrogen-bond donors (Lipinski definition) is 0. The number of benzene rings is 3. The summed E-state index contributed by atoms with van der Waals surface area (Å²) in [6, 6.07) is 32.8. The molecule has 2 nitrogen and oxygen atoms in total. The Bertz CT molecular complexity index is 1400. The normalized spacial score (nSPS) is 11.1. The third-order valence-electron chi connectivity index (χ3n) is 5.36. The van der Waals surface area contributed by atoms with Gasteiger partial charge < -0.3 is 9.97 Å². The van der Waals surface area contributed by atoms with Crippen molar-refractivity contribution in [2.75, 3.05) is 0 Å². The van der Waals surface area contributed by atoms with E-state index in [2.05, 4.69) is 40.3 Å². The molecule has 2 heterocycles. The summed E-state index contributed by atoms with van der Waals surface area (Å²) < 4.78 is 77.2. The predicted octanol–water partition coefficient (Wildman–Crippen LogP) is 8.80. The second-order valence-electron chi connectivity index (χ2n) is 7.93. The van der Waals surface area contributed by atoms with Crippen LogP contribution in [0.4, 0.5) is 26.3 Å². The first kappa shape index (κ1) is 29.7. The molecule has 5 rings (SSSR count). The molecule has 0 unspecified atom stereocenters. The smallest absolute Gasteiger partial charge is 0.305 e. The average molecular weight is 713 g/mol. The largest absolute Gasteiger partial charge is 0.400 e. The molecule has 0 aliphatic carbocycles. The zero-order chi connectivity index (χ0) is 27.2. The quantitative estimate of drug-likeness (QED) is 0.138. The summed E-state index contributed by atoms with van der Waals surface area (Å²) in [5.41, 5.74) is -0.147. The van der Waals surface area contributed by atoms with E-state index in [0.717, 1.165) is 22.9 Å². The minimum Gasteiger partial charge on any atom is -0.305 e. The van der Waals surface area contributed by atoms with E-state index in [9.17, 15) is 26.3 Å². The first-order chi connectivity index (χ1) is 18.1. The van der Waals surface area contributed by atoms with Crippen LogP contribution in [0.3, 0.4) is 0 Å². The molecule has 1 radical (unpaired) electrons. The molecule has 9 heteroatoms. The maximum atomic E-state index is 13.0. The molecule has 0 spiro atoms. The molecule has 3 aromatic carbocycles. The van der Waals surface area contributed by atoms with Crippen molar-refractivity contribution in [1.29, 1.82) is 0 Å². The van der Waals surface area contributed by atoms with E-state index in [1.165, 1.54) is 30.0 Å². The Morgan fingerprint density at radius 3 is 1.85 bits per heavy atom. The second kappa shape index (κ2) is 12.8. The van der Waals surface area contributed by atoms with Crippen molar-refractivity contribution in [2.24, 2.45) is 0 Å². The maximum Gasteiger partial charge on any atom is 0.400 e. The summed E-state index contributed by atoms with van der Waals surface area (Å²) in [6.45, 7) is 0. The molecular weight excluding hydrogens is 695 g/mol. The van der Waals surface area contributed by atoms with E-state index in [1.54, 1.807) is 0 Å². The molecule has 0 atom stereocenters. The Kier molecular flexibility index (Phi) is 9.78. The Morgan fingerprint density at radius 2 is 1.28 bits per heavy atom. The fourth-order valence-corrected chi connectivity index (χ4v) is 3.65. The van der Waals surface area contributed by atoms with Crippen LogP contribution in [0.1, 0.15) is 11.1 Å². The number of hydrogen-bond acceptors (Lipinski definition) is 2. The van der Waals surface area contributed by atoms with Crippen molar-refractivity contribution in [3.63, 3.8) is 0 Å². The molecule has 0 aliphatic heterocycles. The third-order valence-corrected chi connectivity index (χ3v) is 5.36. The van der Waals surface area contributed by atoms with Crippen LogP contribution in [0.15, 0.2) is 109 Å². The van der Waals surface area contributed by atoms with Crippen LogP contribution in [-0.4, -0.2) is 9.97 Å². The minimum atomic E-state index is -5.16. The van der Waals surface area contributed by atoms with Crippen molar-refractivity contribution in [3.8, 4) is 33.6 Å². The van der Waals surface area contributed by atoms with E-state index < -0.39 is 29.0 Å². The van der Waals surface area contributed by atoms with Gasteiger partial charge in [-0.05, 0) is 39.7 Å². The first-order valence-electron chi connectivity index (χ1n) is 11.2. The van der Waals surface area contributed by atoms with E-state index in [0.29, 0.717) is 6.07 Å². The molecule has 39 heavy (non-hydrogen) atoms. The summed E-state index contributed by atoms with van der Waals surface area (Å²) in [7, 11) is 0. The Hall–Kier alpha value is -3.81. The van der Waals surface area contributed by atoms with E-state index in [-0.39, 0.29) is 25.8 Å². The zero-order valence-corrected chi connectivity index (χ0v) is 22.3. The van der Waals surface area contributed by atoms with Gasteiger partial charge in [-0.25, -0.2) is 0 Å². The van der Waals surface area contributed by atoms with E-state index in [4.69, 9.17) is 0 Å². The molecular formula is C30H18F6IrN2-2. The number of nitrogens with zero attached hydrogens (tertiary/aromatic N) is 2. The fourth-order valence-electron chi connectivity index (χ4n) is 3.65. The van der Waals surface area contributed by atoms with Crippen molar-refractivity contribution < 1.29 is 46.4 Å². The van der Waals surface area contributed by atoms with Gasteiger partial charge in [0.05, 0.1) is 0 Å². The number of alkyl halides is 6. The summed E-state index contributed by atoms with van der Waals surface area (Å²) in [4.78, 5) is 8.14. The van der Waals surface area contributed by atoms with Crippen LogP contribution in [0.2, 0.25) is 0 Å². The maximum absolute atomic E-state index is 13.0. The zero-order valence-electron chi connectivity index (χ0n) is 19.9. The molecule has 0 bridgehead atoms. The van der Waals surface area contributed by atoms with Crippen LogP contribution in [0.25, 0.3) is 33.6 Å². The molecule has 201 valence electrons. The first-order valence-corrected chi connectivity index (χ1v) is 11.2. The van der Waals surface area contributed by atoms with E-state index in [1.807, 2.05) is 54.7 Å². The van der Waals surface area contributed by atoms with Crippen LogP contribution < -0.4 is 0 Å². The number of halogens is 6. The van der Waals surface area contributed by atoms with Crippen LogP contribution >= 0.6 is 0 Å². The van der Waals surface area contributed by atoms with Gasteiger partial charge in [0.2, 0.25) is 0 Å². The second-order valence-corrected chi connectivity index (χ2v) is 7.93. The molecule has 0 aliphatic rings. The SMILES string of the molecule is FC(F)(F)c1cc[c-]c(-c2ccccn2)c1C(F)(F)F.[Ir].[c-]1ccccc1-c1ccc(-c2ccccc2)cn1. The number of aromatic nitrogens is 2. The van der Waals surface area contributed by atoms with Gasteiger partial charge in [-0.2, -0.15) is 26.3 Å². The standard InChI is InChI=1S/C17H12N.C13H6F6N.Ir/c1-3-7-14(8-4-1)16-11-12-17(18-13-16)15-9-5-2-6-10-15;14-12(15,16)9-5-3-4-8(11(9)13(17,18)19)10-6-1-2-7-20-10;/h1-9,11-13H;1-3,5-7H;/q2*-1;. The molecule has 0 saturated carbocycles. The molecule has 0 N–H and O–H groups in total. The van der Waals surface area contributed by atoms with Gasteiger partial charge in [0, 0.05) is 32.5 Å². The summed E-state index contributed by atoms with van der Waals surface area (Å²) in [5, 5.41) is 0. The van der Waals surface area contributed by atoms with Gasteiger partial charge in [0.1, 0.15) is 0 Å². The summed E-state index contributed by atoms with van der Waals surface area (Å²) in [6.07, 6.45) is -7.16. The van der Waals surface area contributed by atoms with Gasteiger partial charge in [-0.1, -0.05) is 54.6 Å². The van der Waals surface area contributed by atoms with Gasteiger partial charge in [-0.3, -0.25) is 0 Å². The molecule has 0 fully saturated rings. The van der Waals surface area contributed by atoms with Gasteiger partial charge >= 0.3 is 12.4 Å². The van der Waals surface area contributed by atoms with Crippen LogP contribution in [-0.2, 0) is 32.5 Å². The van der Waals surface area contributed by atoms with Crippen molar-refractivity contribution in [1.82, 2.24) is 9.97 Å². The van der Waals surface area contributed by atoms with Crippen molar-refractivity contribution in [3.05, 3.63) is 133 Å². The van der Waals surface area contributed by atoms with Gasteiger partial charge in [0.15, 0.2) is 0 Å². The monoisotopic (exact) mass is 713 g/mol. The van der Waals surface area contributed by atoms with Crippen LogP contribution in [0, 0.1) is 12.1 Å². The predicted molar refractivity (Wildman–Crippen MR) is 132 cm³/mol. The van der Waals surface area contributed by atoms with Crippen molar-refractivity contribution >= 4 is 0 Å². The van der Waals surface area contributed by atoms with Gasteiger partial charge in [0.25, 0.3) is 0 Å². The third kappa shape index (κ3) is 7.62. The molecule has 2 aromatic heterocycles. The van der Waals surface area contributed by atoms with Crippen molar-refractivity contribution in [2.45, 2.75) is 12.4 Å². The Labute approximate surface area is 234 Å². The van der Waals surface area contributed by atoms with Crippen LogP contribution in [0.5, 0.6) is 0 Å². The number of rotatable bonds is 3. The number of pyridine rings is 2.